The number of urea groups is 1. The van der Waals surface area contributed by atoms with E-state index in [1.54, 1.807) is 0 Å². The van der Waals surface area contributed by atoms with Gasteiger partial charge in [0, 0.05) is 19.6 Å². The Bertz CT molecular complexity index is 450. The maximum Gasteiger partial charge on any atom is 0.326 e. The molecule has 0 spiro atoms. The van der Waals surface area contributed by atoms with Crippen LogP contribution in [-0.4, -0.2) is 42.4 Å². The smallest absolute Gasteiger partial charge is 0.326 e. The van der Waals surface area contributed by atoms with Crippen molar-refractivity contribution in [1.29, 1.82) is 0 Å². The molecule has 6 nitrogen and oxygen atoms in total. The Morgan fingerprint density at radius 3 is 2.52 bits per heavy atom. The van der Waals surface area contributed by atoms with E-state index in [9.17, 15) is 14.7 Å². The van der Waals surface area contributed by atoms with Gasteiger partial charge in [-0.15, -0.1) is 0 Å². The molecule has 0 aliphatic heterocycles. The fourth-order valence-electron chi connectivity index (χ4n) is 1.84. The van der Waals surface area contributed by atoms with Crippen molar-refractivity contribution in [2.45, 2.75) is 32.4 Å². The molecule has 0 aromatic heterocycles. The van der Waals surface area contributed by atoms with E-state index < -0.39 is 18.0 Å². The lowest BCUT2D eigenvalue weighted by Crippen LogP contribution is -2.48. The number of amides is 2. The molecule has 116 valence electrons. The van der Waals surface area contributed by atoms with Gasteiger partial charge in [-0.05, 0) is 19.4 Å². The summed E-state index contributed by atoms with van der Waals surface area (Å²) in [4.78, 5) is 22.9. The molecule has 0 bridgehead atoms. The summed E-state index contributed by atoms with van der Waals surface area (Å²) in [5.74, 6) is -1.06. The molecule has 1 aromatic rings. The molecule has 2 amide bonds. The Balaban J connectivity index is 2.47. The molecule has 1 aromatic carbocycles. The van der Waals surface area contributed by atoms with Crippen LogP contribution in [0.5, 0.6) is 0 Å². The highest BCUT2D eigenvalue weighted by Gasteiger charge is 2.20. The third-order valence-corrected chi connectivity index (χ3v) is 2.89. The fourth-order valence-corrected chi connectivity index (χ4v) is 1.84. The summed E-state index contributed by atoms with van der Waals surface area (Å²) in [6, 6.07) is 7.70. The van der Waals surface area contributed by atoms with Gasteiger partial charge < -0.3 is 20.5 Å². The Hall–Kier alpha value is -2.08. The lowest BCUT2D eigenvalue weighted by molar-refractivity contribution is -0.139. The van der Waals surface area contributed by atoms with Gasteiger partial charge in [0.1, 0.15) is 6.04 Å². The number of benzene rings is 1. The molecule has 0 aliphatic carbocycles. The number of hydrogen-bond acceptors (Lipinski definition) is 3. The van der Waals surface area contributed by atoms with Crippen molar-refractivity contribution in [3.05, 3.63) is 35.9 Å². The van der Waals surface area contributed by atoms with Gasteiger partial charge in [-0.25, -0.2) is 9.59 Å². The quantitative estimate of drug-likeness (QED) is 0.676. The minimum Gasteiger partial charge on any atom is -0.480 e. The first-order valence-corrected chi connectivity index (χ1v) is 6.95. The van der Waals surface area contributed by atoms with Crippen molar-refractivity contribution in [3.63, 3.8) is 0 Å². The standard InChI is InChI=1S/C15H22N2O4/c1-3-21-11(2)10-16-15(20)17-13(14(18)19)9-12-7-5-4-6-8-12/h4-8,11,13H,3,9-10H2,1-2H3,(H,18,19)(H2,16,17,20)/t11?,13-/m1/s1. The number of nitrogens with one attached hydrogen (secondary N) is 2. The number of carboxylic acids is 1. The number of rotatable bonds is 8. The Morgan fingerprint density at radius 2 is 1.95 bits per heavy atom. The van der Waals surface area contributed by atoms with Gasteiger partial charge in [-0.2, -0.15) is 0 Å². The molecular formula is C15H22N2O4. The Labute approximate surface area is 124 Å². The molecule has 0 heterocycles. The molecule has 1 unspecified atom stereocenters. The maximum absolute atomic E-state index is 11.7. The number of carbonyl (C=O) groups is 2. The molecule has 6 heteroatoms. The average molecular weight is 294 g/mol. The van der Waals surface area contributed by atoms with Gasteiger partial charge in [-0.3, -0.25) is 0 Å². The summed E-state index contributed by atoms with van der Waals surface area (Å²) in [6.45, 7) is 4.60. The van der Waals surface area contributed by atoms with Crippen LogP contribution in [0.3, 0.4) is 0 Å². The second-order valence-electron chi connectivity index (χ2n) is 4.70. The Morgan fingerprint density at radius 1 is 1.29 bits per heavy atom. The highest BCUT2D eigenvalue weighted by Crippen LogP contribution is 2.03. The molecule has 0 aliphatic rings. The average Bonchev–Trinajstić information content (AvgIpc) is 2.46. The largest absolute Gasteiger partial charge is 0.480 e. The summed E-state index contributed by atoms with van der Waals surface area (Å²) in [6.07, 6.45) is 0.128. The zero-order valence-corrected chi connectivity index (χ0v) is 12.3. The van der Waals surface area contributed by atoms with Crippen LogP contribution in [0.15, 0.2) is 30.3 Å². The number of aliphatic carboxylic acids is 1. The van der Waals surface area contributed by atoms with E-state index in [1.165, 1.54) is 0 Å². The number of ether oxygens (including phenoxy) is 1. The SMILES string of the molecule is CCOC(C)CNC(=O)N[C@H](Cc1ccccc1)C(=O)O. The van der Waals surface area contributed by atoms with E-state index in [0.29, 0.717) is 13.2 Å². The van der Waals surface area contributed by atoms with Crippen LogP contribution < -0.4 is 10.6 Å². The predicted octanol–water partition coefficient (Wildman–Crippen LogP) is 1.41. The van der Waals surface area contributed by atoms with Crippen molar-refractivity contribution in [1.82, 2.24) is 10.6 Å². The van der Waals surface area contributed by atoms with E-state index in [-0.39, 0.29) is 12.5 Å². The van der Waals surface area contributed by atoms with Gasteiger partial charge in [0.25, 0.3) is 0 Å². The van der Waals surface area contributed by atoms with E-state index >= 15 is 0 Å². The Kier molecular flexibility index (Phi) is 7.25. The predicted molar refractivity (Wildman–Crippen MR) is 79.2 cm³/mol. The van der Waals surface area contributed by atoms with Crippen LogP contribution in [0.25, 0.3) is 0 Å². The zero-order valence-electron chi connectivity index (χ0n) is 12.3. The number of carboxylic acid groups (broad SMARTS) is 1. The molecule has 0 fully saturated rings. The van der Waals surface area contributed by atoms with Gasteiger partial charge in [0.05, 0.1) is 6.10 Å². The first-order valence-electron chi connectivity index (χ1n) is 6.95. The minimum atomic E-state index is -1.06. The van der Waals surface area contributed by atoms with E-state index in [2.05, 4.69) is 10.6 Å². The highest BCUT2D eigenvalue weighted by atomic mass is 16.5. The monoisotopic (exact) mass is 294 g/mol. The van der Waals surface area contributed by atoms with Gasteiger partial charge >= 0.3 is 12.0 Å². The summed E-state index contributed by atoms with van der Waals surface area (Å²) in [5.41, 5.74) is 0.855. The lowest BCUT2D eigenvalue weighted by Gasteiger charge is -2.17. The molecule has 1 rings (SSSR count). The topological polar surface area (TPSA) is 87.7 Å². The van der Waals surface area contributed by atoms with Crippen LogP contribution in [0.4, 0.5) is 4.79 Å². The molecule has 21 heavy (non-hydrogen) atoms. The van der Waals surface area contributed by atoms with Crippen LogP contribution in [-0.2, 0) is 16.0 Å². The summed E-state index contributed by atoms with van der Waals surface area (Å²) >= 11 is 0. The van der Waals surface area contributed by atoms with Crippen LogP contribution in [0.1, 0.15) is 19.4 Å². The zero-order chi connectivity index (χ0) is 15.7. The third kappa shape index (κ3) is 6.76. The first kappa shape index (κ1) is 17.0. The van der Waals surface area contributed by atoms with Crippen LogP contribution >= 0.6 is 0 Å². The van der Waals surface area contributed by atoms with Crippen molar-refractivity contribution in [2.75, 3.05) is 13.2 Å². The van der Waals surface area contributed by atoms with E-state index in [4.69, 9.17) is 4.74 Å². The second kappa shape index (κ2) is 8.97. The van der Waals surface area contributed by atoms with Crippen molar-refractivity contribution < 1.29 is 19.4 Å². The van der Waals surface area contributed by atoms with Crippen molar-refractivity contribution in [3.8, 4) is 0 Å². The van der Waals surface area contributed by atoms with E-state index in [0.717, 1.165) is 5.56 Å². The van der Waals surface area contributed by atoms with E-state index in [1.807, 2.05) is 44.2 Å². The van der Waals surface area contributed by atoms with Gasteiger partial charge in [0.2, 0.25) is 0 Å². The summed E-state index contributed by atoms with van der Waals surface area (Å²) in [5, 5.41) is 14.2. The van der Waals surface area contributed by atoms with Crippen LogP contribution in [0.2, 0.25) is 0 Å². The van der Waals surface area contributed by atoms with Crippen molar-refractivity contribution in [2.24, 2.45) is 0 Å². The summed E-state index contributed by atoms with van der Waals surface area (Å²) < 4.78 is 5.28. The first-order chi connectivity index (χ1) is 10.0. The lowest BCUT2D eigenvalue weighted by atomic mass is 10.1. The highest BCUT2D eigenvalue weighted by molar-refractivity contribution is 5.82. The fraction of sp³-hybridized carbons (Fsp3) is 0.467. The second-order valence-corrected chi connectivity index (χ2v) is 4.70. The molecule has 0 saturated heterocycles. The third-order valence-electron chi connectivity index (χ3n) is 2.89. The van der Waals surface area contributed by atoms with Gasteiger partial charge in [0.15, 0.2) is 0 Å². The van der Waals surface area contributed by atoms with Gasteiger partial charge in [-0.1, -0.05) is 30.3 Å². The number of carbonyl (C=O) groups excluding carboxylic acids is 1. The molecule has 2 atom stereocenters. The number of hydrogen-bond donors (Lipinski definition) is 3. The molecule has 3 N–H and O–H groups in total. The maximum atomic E-state index is 11.7. The van der Waals surface area contributed by atoms with Crippen molar-refractivity contribution >= 4 is 12.0 Å². The molecule has 0 saturated carbocycles. The molecular weight excluding hydrogens is 272 g/mol. The minimum absolute atomic E-state index is 0.113. The normalized spacial score (nSPS) is 13.2. The summed E-state index contributed by atoms with van der Waals surface area (Å²) in [7, 11) is 0. The van der Waals surface area contributed by atoms with Crippen LogP contribution in [0, 0.1) is 0 Å². The molecule has 0 radical (unpaired) electrons.